The summed E-state index contributed by atoms with van der Waals surface area (Å²) in [4.78, 5) is 51.8. The highest BCUT2D eigenvalue weighted by Gasteiger charge is 2.50. The maximum absolute atomic E-state index is 14.6. The van der Waals surface area contributed by atoms with Crippen LogP contribution in [0.25, 0.3) is 33.4 Å². The lowest BCUT2D eigenvalue weighted by atomic mass is 9.84. The number of aryl methyl sites for hydroxylation is 1. The second kappa shape index (κ2) is 17.1. The molecule has 312 valence electrons. The number of pyridine rings is 1. The van der Waals surface area contributed by atoms with Gasteiger partial charge < -0.3 is 24.1 Å². The Morgan fingerprint density at radius 2 is 1.98 bits per heavy atom. The molecule has 0 unspecified atom stereocenters. The predicted octanol–water partition coefficient (Wildman–Crippen LogP) is 6.93. The number of alkyl halides is 2. The van der Waals surface area contributed by atoms with Gasteiger partial charge in [-0.2, -0.15) is 0 Å². The summed E-state index contributed by atoms with van der Waals surface area (Å²) >= 11 is 1.21. The Morgan fingerprint density at radius 3 is 2.69 bits per heavy atom. The first-order valence-electron chi connectivity index (χ1n) is 20.2. The van der Waals surface area contributed by atoms with E-state index in [2.05, 4.69) is 54.3 Å². The van der Waals surface area contributed by atoms with Crippen LogP contribution in [0.15, 0.2) is 41.9 Å². The first-order chi connectivity index (χ1) is 27.8. The number of nitrogens with zero attached hydrogens (tertiary/aromatic N) is 4. The molecule has 1 aromatic carbocycles. The van der Waals surface area contributed by atoms with Gasteiger partial charge in [-0.25, -0.2) is 19.2 Å². The largest absolute Gasteiger partial charge is 0.464 e. The first-order valence-corrected chi connectivity index (χ1v) is 21.1. The predicted molar refractivity (Wildman–Crippen MR) is 217 cm³/mol. The number of amides is 2. The number of ether oxygens (including phenoxy) is 3. The summed E-state index contributed by atoms with van der Waals surface area (Å²) in [6, 6.07) is 7.93. The molecule has 58 heavy (non-hydrogen) atoms. The minimum Gasteiger partial charge on any atom is -0.464 e. The SMILES string of the molecule is CCn1c(-c2cccnc2[C@H](C)OC)c2c3cc(ccc31)-c1csc(n1)[C@@H](OC[C@@H](F)CF)[C@H](NC(=O)[C@H]1[C@H](C)[C@@H]1C)C(=O)N1CCC[C@H](N1)C(=O)OCC(C)(C)C2. The molecule has 2 N–H and O–H groups in total. The van der Waals surface area contributed by atoms with Gasteiger partial charge in [0.1, 0.15) is 29.9 Å². The molecule has 12 nitrogen and oxygen atoms in total. The van der Waals surface area contributed by atoms with Gasteiger partial charge in [-0.1, -0.05) is 33.8 Å². The molecule has 2 amide bonds. The molecule has 5 heterocycles. The number of cyclic esters (lactones) is 1. The van der Waals surface area contributed by atoms with E-state index in [4.69, 9.17) is 24.2 Å². The van der Waals surface area contributed by atoms with Crippen LogP contribution in [0.1, 0.15) is 82.9 Å². The Hall–Kier alpha value is -4.31. The Morgan fingerprint density at radius 1 is 1.21 bits per heavy atom. The monoisotopic (exact) mass is 820 g/mol. The van der Waals surface area contributed by atoms with Crippen molar-refractivity contribution in [3.63, 3.8) is 0 Å². The Labute approximate surface area is 342 Å². The Balaban J connectivity index is 1.40. The van der Waals surface area contributed by atoms with Gasteiger partial charge in [-0.05, 0) is 74.8 Å². The minimum atomic E-state index is -1.95. The maximum atomic E-state index is 14.6. The minimum absolute atomic E-state index is 0.102. The van der Waals surface area contributed by atoms with Crippen LogP contribution in [-0.4, -0.2) is 89.1 Å². The lowest BCUT2D eigenvalue weighted by Crippen LogP contribution is -2.61. The fourth-order valence-electron chi connectivity index (χ4n) is 8.40. The fraction of sp³-hybridized carbons (Fsp3) is 0.558. The molecule has 3 aromatic heterocycles. The van der Waals surface area contributed by atoms with E-state index in [0.29, 0.717) is 36.5 Å². The summed E-state index contributed by atoms with van der Waals surface area (Å²) in [5.41, 5.74) is 8.70. The topological polar surface area (TPSA) is 137 Å². The molecule has 1 aliphatic carbocycles. The molecule has 15 heteroatoms. The van der Waals surface area contributed by atoms with E-state index in [1.165, 1.54) is 16.3 Å². The summed E-state index contributed by atoms with van der Waals surface area (Å²) < 4.78 is 48.2. The third kappa shape index (κ3) is 8.27. The lowest BCUT2D eigenvalue weighted by molar-refractivity contribution is -0.157. The number of hydrogen-bond acceptors (Lipinski definition) is 10. The molecular weight excluding hydrogens is 767 g/mol. The second-order valence-electron chi connectivity index (χ2n) is 16.7. The summed E-state index contributed by atoms with van der Waals surface area (Å²) in [6.07, 6.45) is -0.295. The van der Waals surface area contributed by atoms with E-state index < -0.39 is 54.9 Å². The highest BCUT2D eigenvalue weighted by atomic mass is 32.1. The van der Waals surface area contributed by atoms with E-state index >= 15 is 0 Å². The first kappa shape index (κ1) is 41.8. The number of esters is 1. The van der Waals surface area contributed by atoms with E-state index in [0.717, 1.165) is 39.0 Å². The molecule has 0 spiro atoms. The lowest BCUT2D eigenvalue weighted by Gasteiger charge is -2.37. The number of benzene rings is 1. The van der Waals surface area contributed by atoms with Crippen LogP contribution in [0, 0.1) is 23.2 Å². The quantitative estimate of drug-likeness (QED) is 0.163. The molecule has 6 bridgehead atoms. The molecule has 2 aliphatic heterocycles. The van der Waals surface area contributed by atoms with Crippen LogP contribution in [-0.2, 0) is 41.6 Å². The standard InChI is InChI=1S/C43H54F2N6O6S/c1-8-50-33-14-13-26-17-29(33)30(37(50)28-11-9-15-46-35(28)25(4)55-7)18-43(5,6)22-57-42(54)31-12-10-16-51(49-31)41(53)36(48-39(52)34-23(2)24(34)3)38(56-20-27(45)19-44)40-47-32(26)21-58-40/h9,11,13-15,17,21,23-25,27,31,34,36,38,49H,8,10,12,16,18-20,22H2,1-7H3,(H,48,52)/t23-,24+,25-,27-,31-,34+,36-,38-/m0/s1. The molecule has 1 saturated carbocycles. The molecule has 2 fully saturated rings. The van der Waals surface area contributed by atoms with E-state index in [1.807, 2.05) is 38.3 Å². The number of nitrogens with one attached hydrogen (secondary N) is 2. The van der Waals surface area contributed by atoms with Gasteiger partial charge >= 0.3 is 5.97 Å². The highest BCUT2D eigenvalue weighted by molar-refractivity contribution is 7.10. The number of methoxy groups -OCH3 is 1. The summed E-state index contributed by atoms with van der Waals surface area (Å²) in [7, 11) is 1.66. The maximum Gasteiger partial charge on any atom is 0.324 e. The fourth-order valence-corrected chi connectivity index (χ4v) is 9.31. The van der Waals surface area contributed by atoms with Crippen LogP contribution in [0.2, 0.25) is 0 Å². The molecule has 3 aliphatic rings. The third-order valence-electron chi connectivity index (χ3n) is 12.0. The number of hydrogen-bond donors (Lipinski definition) is 2. The van der Waals surface area contributed by atoms with Gasteiger partial charge in [0.05, 0.1) is 36.4 Å². The zero-order chi connectivity index (χ0) is 41.5. The van der Waals surface area contributed by atoms with Crippen molar-refractivity contribution in [2.24, 2.45) is 23.2 Å². The van der Waals surface area contributed by atoms with Gasteiger partial charge in [0.15, 0.2) is 6.17 Å². The van der Waals surface area contributed by atoms with Crippen molar-refractivity contribution in [3.05, 3.63) is 58.2 Å². The second-order valence-corrected chi connectivity index (χ2v) is 17.6. The van der Waals surface area contributed by atoms with E-state index in [9.17, 15) is 23.2 Å². The van der Waals surface area contributed by atoms with Crippen molar-refractivity contribution < 1.29 is 37.4 Å². The number of hydrazine groups is 1. The van der Waals surface area contributed by atoms with Crippen LogP contribution in [0.4, 0.5) is 8.78 Å². The van der Waals surface area contributed by atoms with Gasteiger partial charge in [-0.15, -0.1) is 11.3 Å². The normalized spacial score (nSPS) is 25.8. The van der Waals surface area contributed by atoms with Gasteiger partial charge in [0, 0.05) is 65.1 Å². The molecule has 7 rings (SSSR count). The van der Waals surface area contributed by atoms with Crippen LogP contribution in [0.3, 0.4) is 0 Å². The average Bonchev–Trinajstić information content (AvgIpc) is 3.50. The van der Waals surface area contributed by atoms with Crippen molar-refractivity contribution in [2.45, 2.75) is 97.8 Å². The summed E-state index contributed by atoms with van der Waals surface area (Å²) in [5.74, 6) is -1.54. The van der Waals surface area contributed by atoms with Gasteiger partial charge in [0.2, 0.25) is 5.91 Å². The number of aromatic nitrogens is 3. The molecular formula is C43H54F2N6O6S. The van der Waals surface area contributed by atoms with Crippen molar-refractivity contribution >= 4 is 40.0 Å². The number of fused-ring (bicyclic) bond motifs is 6. The van der Waals surface area contributed by atoms with Crippen molar-refractivity contribution in [1.82, 2.24) is 30.3 Å². The molecule has 1 saturated heterocycles. The average molecular weight is 821 g/mol. The summed E-state index contributed by atoms with van der Waals surface area (Å²) in [6.45, 7) is 11.2. The molecule has 8 atom stereocenters. The number of halogens is 2. The van der Waals surface area contributed by atoms with Crippen LogP contribution < -0.4 is 10.7 Å². The third-order valence-corrected chi connectivity index (χ3v) is 12.9. The highest BCUT2D eigenvalue weighted by Crippen LogP contribution is 2.46. The zero-order valence-electron chi connectivity index (χ0n) is 34.2. The zero-order valence-corrected chi connectivity index (χ0v) is 35.0. The molecule has 4 aromatic rings. The van der Waals surface area contributed by atoms with Crippen molar-refractivity contribution in [2.75, 3.05) is 33.5 Å². The number of rotatable bonds is 10. The van der Waals surface area contributed by atoms with Crippen molar-refractivity contribution in [3.8, 4) is 22.5 Å². The van der Waals surface area contributed by atoms with Crippen LogP contribution >= 0.6 is 11.3 Å². The smallest absolute Gasteiger partial charge is 0.324 e. The van der Waals surface area contributed by atoms with Crippen LogP contribution in [0.5, 0.6) is 0 Å². The summed E-state index contributed by atoms with van der Waals surface area (Å²) in [5, 5.41) is 7.37. The van der Waals surface area contributed by atoms with Gasteiger partial charge in [0.25, 0.3) is 5.91 Å². The Bertz CT molecular complexity index is 2150. The number of thiazole rings is 1. The number of carbonyl (C=O) groups excluding carboxylic acids is 3. The number of carbonyl (C=O) groups is 3. The van der Waals surface area contributed by atoms with E-state index in [-0.39, 0.29) is 42.9 Å². The van der Waals surface area contributed by atoms with E-state index in [1.54, 1.807) is 13.3 Å². The van der Waals surface area contributed by atoms with Crippen molar-refractivity contribution in [1.29, 1.82) is 0 Å². The Kier molecular flexibility index (Phi) is 12.3. The molecule has 0 radical (unpaired) electrons. The van der Waals surface area contributed by atoms with Gasteiger partial charge in [-0.3, -0.25) is 24.4 Å².